The fraction of sp³-hybridized carbons (Fsp3) is 0.357. The average molecular weight is 308 g/mol. The number of carboxylic acid groups (broad SMARTS) is 1. The van der Waals surface area contributed by atoms with Gasteiger partial charge in [0.05, 0.1) is 10.9 Å². The van der Waals surface area contributed by atoms with Gasteiger partial charge in [0.15, 0.2) is 0 Å². The summed E-state index contributed by atoms with van der Waals surface area (Å²) >= 11 is 1.63. The summed E-state index contributed by atoms with van der Waals surface area (Å²) in [5.41, 5.74) is 0.473. The van der Waals surface area contributed by atoms with Gasteiger partial charge in [-0.3, -0.25) is 9.36 Å². The molecule has 0 unspecified atom stereocenters. The van der Waals surface area contributed by atoms with Gasteiger partial charge in [0.1, 0.15) is 19.0 Å². The number of hydrogen-bond acceptors (Lipinski definition) is 5. The Morgan fingerprint density at radius 2 is 2.19 bits per heavy atom. The molecule has 1 aromatic carbocycles. The molecule has 0 radical (unpaired) electrons. The quantitative estimate of drug-likeness (QED) is 0.832. The zero-order valence-corrected chi connectivity index (χ0v) is 12.4. The highest BCUT2D eigenvalue weighted by Crippen LogP contribution is 2.09. The van der Waals surface area contributed by atoms with E-state index in [2.05, 4.69) is 4.98 Å². The number of fused-ring (bicyclic) bond motifs is 1. The molecule has 0 spiro atoms. The number of aromatic nitrogens is 2. The van der Waals surface area contributed by atoms with Gasteiger partial charge in [-0.25, -0.2) is 9.78 Å². The highest BCUT2D eigenvalue weighted by molar-refractivity contribution is 7.98. The number of thioether (sulfide) groups is 1. The lowest BCUT2D eigenvalue weighted by molar-refractivity contribution is -0.142. The van der Waals surface area contributed by atoms with Gasteiger partial charge in [0, 0.05) is 12.3 Å². The molecule has 0 amide bonds. The third-order valence-electron chi connectivity index (χ3n) is 2.92. The number of para-hydroxylation sites is 1. The molecule has 2 aromatic rings. The summed E-state index contributed by atoms with van der Waals surface area (Å²) in [7, 11) is 0. The van der Waals surface area contributed by atoms with Gasteiger partial charge in [-0.05, 0) is 18.4 Å². The average Bonchev–Trinajstić information content (AvgIpc) is 2.46. The third kappa shape index (κ3) is 3.83. The van der Waals surface area contributed by atoms with Crippen molar-refractivity contribution in [2.75, 3.05) is 18.6 Å². The minimum absolute atomic E-state index is 0.000749. The number of aliphatic carboxylic acids is 1. The molecule has 6 nitrogen and oxygen atoms in total. The van der Waals surface area contributed by atoms with Crippen molar-refractivity contribution in [3.05, 3.63) is 40.4 Å². The molecule has 112 valence electrons. The number of benzene rings is 1. The van der Waals surface area contributed by atoms with Gasteiger partial charge in [-0.1, -0.05) is 12.1 Å². The molecule has 1 aromatic heterocycles. The van der Waals surface area contributed by atoms with Gasteiger partial charge in [0.25, 0.3) is 5.56 Å². The van der Waals surface area contributed by atoms with E-state index in [1.54, 1.807) is 34.5 Å². The van der Waals surface area contributed by atoms with Gasteiger partial charge < -0.3 is 9.84 Å². The Bertz CT molecular complexity index is 699. The lowest BCUT2D eigenvalue weighted by Gasteiger charge is -2.12. The Labute approximate surface area is 125 Å². The third-order valence-corrected chi connectivity index (χ3v) is 3.51. The molecule has 0 aliphatic heterocycles. The van der Waals surface area contributed by atoms with E-state index in [9.17, 15) is 9.59 Å². The minimum Gasteiger partial charge on any atom is -0.480 e. The van der Waals surface area contributed by atoms with Crippen molar-refractivity contribution in [3.63, 3.8) is 0 Å². The van der Waals surface area contributed by atoms with E-state index in [4.69, 9.17) is 9.84 Å². The maximum absolute atomic E-state index is 12.5. The molecule has 0 aliphatic carbocycles. The summed E-state index contributed by atoms with van der Waals surface area (Å²) in [5, 5.41) is 9.17. The monoisotopic (exact) mass is 308 g/mol. The fourth-order valence-corrected chi connectivity index (χ4v) is 2.33. The van der Waals surface area contributed by atoms with Crippen LogP contribution in [0.1, 0.15) is 5.82 Å². The first-order valence-electron chi connectivity index (χ1n) is 6.40. The number of carbonyl (C=O) groups is 1. The second-order valence-electron chi connectivity index (χ2n) is 4.38. The van der Waals surface area contributed by atoms with E-state index >= 15 is 0 Å². The van der Waals surface area contributed by atoms with E-state index in [0.29, 0.717) is 23.3 Å². The highest BCUT2D eigenvalue weighted by Gasteiger charge is 2.11. The van der Waals surface area contributed by atoms with Crippen LogP contribution in [0.3, 0.4) is 0 Å². The van der Waals surface area contributed by atoms with Crippen LogP contribution in [0.15, 0.2) is 29.1 Å². The molecule has 21 heavy (non-hydrogen) atoms. The van der Waals surface area contributed by atoms with Crippen molar-refractivity contribution in [2.45, 2.75) is 13.2 Å². The zero-order chi connectivity index (χ0) is 15.2. The zero-order valence-electron chi connectivity index (χ0n) is 11.6. The summed E-state index contributed by atoms with van der Waals surface area (Å²) in [6.07, 6.45) is 1.96. The summed E-state index contributed by atoms with van der Waals surface area (Å²) < 4.78 is 6.63. The van der Waals surface area contributed by atoms with Crippen molar-refractivity contribution in [1.29, 1.82) is 0 Å². The highest BCUT2D eigenvalue weighted by atomic mass is 32.2. The van der Waals surface area contributed by atoms with Gasteiger partial charge in [-0.2, -0.15) is 11.8 Å². The first kappa shape index (κ1) is 15.5. The van der Waals surface area contributed by atoms with E-state index in [1.165, 1.54) is 0 Å². The standard InChI is InChI=1S/C14H16N2O4S/c1-21-7-6-16-12(8-20-9-13(17)18)15-11-5-3-2-4-10(11)14(16)19/h2-5H,6-9H2,1H3,(H,17,18). The lowest BCUT2D eigenvalue weighted by atomic mass is 10.2. The summed E-state index contributed by atoms with van der Waals surface area (Å²) in [6, 6.07) is 7.10. The Kier molecular flexibility index (Phi) is 5.35. The summed E-state index contributed by atoms with van der Waals surface area (Å²) in [5.74, 6) is 0.175. The smallest absolute Gasteiger partial charge is 0.329 e. The number of carboxylic acids is 1. The molecular weight excluding hydrogens is 292 g/mol. The van der Waals surface area contributed by atoms with Crippen LogP contribution in [0.25, 0.3) is 10.9 Å². The number of rotatable bonds is 7. The summed E-state index contributed by atoms with van der Waals surface area (Å²) in [4.78, 5) is 27.4. The molecule has 0 atom stereocenters. The molecule has 0 saturated carbocycles. The van der Waals surface area contributed by atoms with Crippen LogP contribution >= 0.6 is 11.8 Å². The second-order valence-corrected chi connectivity index (χ2v) is 5.37. The van der Waals surface area contributed by atoms with Gasteiger partial charge in [-0.15, -0.1) is 0 Å². The van der Waals surface area contributed by atoms with Crippen LogP contribution in [0.5, 0.6) is 0 Å². The van der Waals surface area contributed by atoms with E-state index in [1.807, 2.05) is 12.3 Å². The molecule has 7 heteroatoms. The van der Waals surface area contributed by atoms with Crippen molar-refractivity contribution in [1.82, 2.24) is 9.55 Å². The predicted molar refractivity (Wildman–Crippen MR) is 81.7 cm³/mol. The van der Waals surface area contributed by atoms with Crippen LogP contribution in [0.2, 0.25) is 0 Å². The van der Waals surface area contributed by atoms with Crippen LogP contribution < -0.4 is 5.56 Å². The maximum atomic E-state index is 12.5. The van der Waals surface area contributed by atoms with Crippen molar-refractivity contribution < 1.29 is 14.6 Å². The molecule has 0 saturated heterocycles. The Balaban J connectivity index is 2.39. The molecule has 0 fully saturated rings. The molecule has 1 heterocycles. The SMILES string of the molecule is CSCCn1c(COCC(=O)O)nc2ccccc2c1=O. The largest absolute Gasteiger partial charge is 0.480 e. The number of nitrogens with zero attached hydrogens (tertiary/aromatic N) is 2. The van der Waals surface area contributed by atoms with E-state index in [0.717, 1.165) is 5.75 Å². The first-order chi connectivity index (χ1) is 10.1. The fourth-order valence-electron chi connectivity index (χ4n) is 1.97. The van der Waals surface area contributed by atoms with Crippen LogP contribution in [0.4, 0.5) is 0 Å². The molecule has 1 N–H and O–H groups in total. The Morgan fingerprint density at radius 3 is 2.90 bits per heavy atom. The predicted octanol–water partition coefficient (Wildman–Crippen LogP) is 1.36. The van der Waals surface area contributed by atoms with Gasteiger partial charge in [0.2, 0.25) is 0 Å². The molecule has 2 rings (SSSR count). The minimum atomic E-state index is -1.05. The van der Waals surface area contributed by atoms with Crippen molar-refractivity contribution in [3.8, 4) is 0 Å². The van der Waals surface area contributed by atoms with Gasteiger partial charge >= 0.3 is 5.97 Å². The van der Waals surface area contributed by atoms with E-state index < -0.39 is 12.6 Å². The Morgan fingerprint density at radius 1 is 1.43 bits per heavy atom. The number of ether oxygens (including phenoxy) is 1. The van der Waals surface area contributed by atoms with Crippen LogP contribution in [-0.4, -0.2) is 39.2 Å². The normalized spacial score (nSPS) is 10.9. The Hall–Kier alpha value is -1.86. The lowest BCUT2D eigenvalue weighted by Crippen LogP contribution is -2.27. The summed E-state index contributed by atoms with van der Waals surface area (Å²) in [6.45, 7) is 0.107. The second kappa shape index (κ2) is 7.24. The van der Waals surface area contributed by atoms with Crippen LogP contribution in [-0.2, 0) is 22.7 Å². The maximum Gasteiger partial charge on any atom is 0.329 e. The molecule has 0 aliphatic rings. The van der Waals surface area contributed by atoms with E-state index in [-0.39, 0.29) is 12.2 Å². The van der Waals surface area contributed by atoms with Crippen molar-refractivity contribution in [2.24, 2.45) is 0 Å². The topological polar surface area (TPSA) is 81.4 Å². The number of hydrogen-bond donors (Lipinski definition) is 1. The molecule has 0 bridgehead atoms. The van der Waals surface area contributed by atoms with Crippen LogP contribution in [0, 0.1) is 0 Å². The first-order valence-corrected chi connectivity index (χ1v) is 7.80. The van der Waals surface area contributed by atoms with Crippen molar-refractivity contribution >= 4 is 28.6 Å². The molecular formula is C14H16N2O4S.